The Hall–Kier alpha value is -1.72. The van der Waals surface area contributed by atoms with E-state index in [1.165, 1.54) is 18.2 Å². The van der Waals surface area contributed by atoms with Crippen molar-refractivity contribution in [2.24, 2.45) is 0 Å². The smallest absolute Gasteiger partial charge is 0.387 e. The number of ether oxygens (including phenoxy) is 1. The SMILES string of the molecule is Fc1nc2c(OC(F)F)cccc2[nH]1. The van der Waals surface area contributed by atoms with E-state index in [4.69, 9.17) is 0 Å². The normalized spacial score (nSPS) is 11.1. The average molecular weight is 202 g/mol. The highest BCUT2D eigenvalue weighted by Gasteiger charge is 2.11. The Balaban J connectivity index is 2.53. The van der Waals surface area contributed by atoms with Gasteiger partial charge < -0.3 is 9.72 Å². The second kappa shape index (κ2) is 3.21. The van der Waals surface area contributed by atoms with Gasteiger partial charge in [-0.2, -0.15) is 18.2 Å². The molecule has 1 heterocycles. The Morgan fingerprint density at radius 2 is 2.14 bits per heavy atom. The van der Waals surface area contributed by atoms with Crippen molar-refractivity contribution >= 4 is 11.0 Å². The summed E-state index contributed by atoms with van der Waals surface area (Å²) in [5.41, 5.74) is 0.381. The number of aromatic amines is 1. The number of nitrogens with zero attached hydrogens (tertiary/aromatic N) is 1. The van der Waals surface area contributed by atoms with Gasteiger partial charge in [0, 0.05) is 0 Å². The molecule has 14 heavy (non-hydrogen) atoms. The summed E-state index contributed by atoms with van der Waals surface area (Å²) in [5.74, 6) is -0.141. The number of fused-ring (bicyclic) bond motifs is 1. The van der Waals surface area contributed by atoms with Crippen LogP contribution in [0.25, 0.3) is 11.0 Å². The molecule has 0 bridgehead atoms. The lowest BCUT2D eigenvalue weighted by Gasteiger charge is -2.03. The van der Waals surface area contributed by atoms with Crippen molar-refractivity contribution in [1.82, 2.24) is 9.97 Å². The van der Waals surface area contributed by atoms with Crippen LogP contribution in [0.1, 0.15) is 0 Å². The number of hydrogen-bond donors (Lipinski definition) is 1. The van der Waals surface area contributed by atoms with Crippen LogP contribution in [0.15, 0.2) is 18.2 Å². The van der Waals surface area contributed by atoms with Crippen molar-refractivity contribution in [3.63, 3.8) is 0 Å². The standard InChI is InChI=1S/C8H5F3N2O/c9-7(10)14-5-3-1-2-4-6(5)13-8(11)12-4/h1-3,7H,(H,12,13). The molecule has 1 aromatic heterocycles. The van der Waals surface area contributed by atoms with E-state index < -0.39 is 12.7 Å². The number of benzene rings is 1. The summed E-state index contributed by atoms with van der Waals surface area (Å²) < 4.78 is 40.6. The van der Waals surface area contributed by atoms with Gasteiger partial charge in [-0.05, 0) is 12.1 Å². The molecule has 0 aliphatic heterocycles. The van der Waals surface area contributed by atoms with Gasteiger partial charge in [0.25, 0.3) is 6.08 Å². The average Bonchev–Trinajstić information content (AvgIpc) is 2.45. The van der Waals surface area contributed by atoms with Crippen molar-refractivity contribution in [1.29, 1.82) is 0 Å². The first kappa shape index (κ1) is 8.86. The molecule has 1 aromatic carbocycles. The summed E-state index contributed by atoms with van der Waals surface area (Å²) in [7, 11) is 0. The van der Waals surface area contributed by atoms with Crippen LogP contribution in [0, 0.1) is 6.08 Å². The number of rotatable bonds is 2. The van der Waals surface area contributed by atoms with Crippen molar-refractivity contribution in [2.75, 3.05) is 0 Å². The maximum atomic E-state index is 12.6. The van der Waals surface area contributed by atoms with Gasteiger partial charge in [0.15, 0.2) is 5.75 Å². The Bertz CT molecular complexity index is 455. The highest BCUT2D eigenvalue weighted by molar-refractivity contribution is 5.81. The van der Waals surface area contributed by atoms with Gasteiger partial charge in [0.2, 0.25) is 0 Å². The van der Waals surface area contributed by atoms with Gasteiger partial charge in [-0.25, -0.2) is 0 Å². The van der Waals surface area contributed by atoms with Crippen molar-refractivity contribution < 1.29 is 17.9 Å². The van der Waals surface area contributed by atoms with Crippen molar-refractivity contribution in [3.05, 3.63) is 24.3 Å². The summed E-state index contributed by atoms with van der Waals surface area (Å²) in [6.45, 7) is -2.94. The monoisotopic (exact) mass is 202 g/mol. The van der Waals surface area contributed by atoms with Crippen LogP contribution >= 0.6 is 0 Å². The minimum absolute atomic E-state index is 0.0605. The molecule has 6 heteroatoms. The topological polar surface area (TPSA) is 37.9 Å². The van der Waals surface area contributed by atoms with E-state index in [1.807, 2.05) is 0 Å². The first-order valence-corrected chi connectivity index (χ1v) is 3.76. The number of aromatic nitrogens is 2. The second-order valence-electron chi connectivity index (χ2n) is 2.56. The first-order chi connectivity index (χ1) is 6.66. The molecular formula is C8H5F3N2O. The lowest BCUT2D eigenvalue weighted by Crippen LogP contribution is -2.02. The zero-order valence-electron chi connectivity index (χ0n) is 6.80. The molecule has 0 atom stereocenters. The molecule has 0 saturated heterocycles. The predicted molar refractivity (Wildman–Crippen MR) is 42.7 cm³/mol. The van der Waals surface area contributed by atoms with Gasteiger partial charge in [-0.3, -0.25) is 0 Å². The Morgan fingerprint density at radius 3 is 2.86 bits per heavy atom. The number of imidazole rings is 1. The molecule has 0 aliphatic rings. The number of nitrogens with one attached hydrogen (secondary N) is 1. The van der Waals surface area contributed by atoms with Gasteiger partial charge in [0.05, 0.1) is 5.52 Å². The molecular weight excluding hydrogens is 197 g/mol. The fraction of sp³-hybridized carbons (Fsp3) is 0.125. The van der Waals surface area contributed by atoms with E-state index in [9.17, 15) is 13.2 Å². The van der Waals surface area contributed by atoms with E-state index in [0.717, 1.165) is 0 Å². The van der Waals surface area contributed by atoms with Crippen LogP contribution in [-0.2, 0) is 0 Å². The molecule has 0 aliphatic carbocycles. The Labute approximate surface area is 76.5 Å². The summed E-state index contributed by atoms with van der Waals surface area (Å²) >= 11 is 0. The van der Waals surface area contributed by atoms with E-state index >= 15 is 0 Å². The van der Waals surface area contributed by atoms with Gasteiger partial charge in [-0.1, -0.05) is 6.07 Å². The highest BCUT2D eigenvalue weighted by Crippen LogP contribution is 2.24. The van der Waals surface area contributed by atoms with Crippen molar-refractivity contribution in [3.8, 4) is 5.75 Å². The summed E-state index contributed by atoms with van der Waals surface area (Å²) in [5, 5.41) is 0. The zero-order chi connectivity index (χ0) is 10.1. The fourth-order valence-corrected chi connectivity index (χ4v) is 1.17. The van der Waals surface area contributed by atoms with Gasteiger partial charge >= 0.3 is 6.61 Å². The third-order valence-corrected chi connectivity index (χ3v) is 1.66. The van der Waals surface area contributed by atoms with Gasteiger partial charge in [0.1, 0.15) is 5.52 Å². The lowest BCUT2D eigenvalue weighted by atomic mass is 10.3. The maximum Gasteiger partial charge on any atom is 0.387 e. The number of halogens is 3. The third-order valence-electron chi connectivity index (χ3n) is 1.66. The minimum atomic E-state index is -2.94. The van der Waals surface area contributed by atoms with E-state index in [-0.39, 0.29) is 11.3 Å². The third kappa shape index (κ3) is 1.50. The number of H-pyrrole nitrogens is 1. The van der Waals surface area contributed by atoms with Crippen LogP contribution in [0.4, 0.5) is 13.2 Å². The van der Waals surface area contributed by atoms with Gasteiger partial charge in [-0.15, -0.1) is 0 Å². The molecule has 2 aromatic rings. The van der Waals surface area contributed by atoms with Crippen molar-refractivity contribution in [2.45, 2.75) is 6.61 Å². The largest absolute Gasteiger partial charge is 0.432 e. The summed E-state index contributed by atoms with van der Waals surface area (Å²) in [6, 6.07) is 4.29. The number of hydrogen-bond acceptors (Lipinski definition) is 2. The lowest BCUT2D eigenvalue weighted by molar-refractivity contribution is -0.0489. The highest BCUT2D eigenvalue weighted by atomic mass is 19.3. The molecule has 0 unspecified atom stereocenters. The van der Waals surface area contributed by atoms with E-state index in [1.54, 1.807) is 0 Å². The Morgan fingerprint density at radius 1 is 1.36 bits per heavy atom. The molecule has 74 valence electrons. The van der Waals surface area contributed by atoms with E-state index in [0.29, 0.717) is 5.52 Å². The summed E-state index contributed by atoms with van der Waals surface area (Å²) in [6.07, 6.45) is -0.828. The molecule has 0 amide bonds. The maximum absolute atomic E-state index is 12.6. The quantitative estimate of drug-likeness (QED) is 0.811. The van der Waals surface area contributed by atoms with Crippen LogP contribution in [0.5, 0.6) is 5.75 Å². The number of para-hydroxylation sites is 1. The minimum Gasteiger partial charge on any atom is -0.432 e. The predicted octanol–water partition coefficient (Wildman–Crippen LogP) is 2.30. The molecule has 0 radical (unpaired) electrons. The summed E-state index contributed by atoms with van der Waals surface area (Å²) in [4.78, 5) is 5.66. The Kier molecular flexibility index (Phi) is 2.03. The molecule has 1 N–H and O–H groups in total. The second-order valence-corrected chi connectivity index (χ2v) is 2.56. The molecule has 0 spiro atoms. The number of alkyl halides is 2. The van der Waals surface area contributed by atoms with Crippen LogP contribution < -0.4 is 4.74 Å². The molecule has 0 fully saturated rings. The van der Waals surface area contributed by atoms with Crippen LogP contribution in [-0.4, -0.2) is 16.6 Å². The first-order valence-electron chi connectivity index (χ1n) is 3.76. The molecule has 0 saturated carbocycles. The zero-order valence-corrected chi connectivity index (χ0v) is 6.80. The van der Waals surface area contributed by atoms with Crippen LogP contribution in [0.2, 0.25) is 0 Å². The molecule has 2 rings (SSSR count). The van der Waals surface area contributed by atoms with Crippen LogP contribution in [0.3, 0.4) is 0 Å². The fourth-order valence-electron chi connectivity index (χ4n) is 1.17. The van der Waals surface area contributed by atoms with E-state index in [2.05, 4.69) is 14.7 Å². The molecule has 3 nitrogen and oxygen atoms in total.